The van der Waals surface area contributed by atoms with Crippen LogP contribution in [0.4, 0.5) is 5.69 Å². The van der Waals surface area contributed by atoms with Crippen molar-refractivity contribution in [2.24, 2.45) is 5.92 Å². The number of hydrogen-bond donors (Lipinski definition) is 1. The maximum absolute atomic E-state index is 11.7. The summed E-state index contributed by atoms with van der Waals surface area (Å²) in [5.74, 6) is -0.639. The first-order valence-corrected chi connectivity index (χ1v) is 6.79. The minimum absolute atomic E-state index is 0.0681. The van der Waals surface area contributed by atoms with Crippen molar-refractivity contribution in [3.05, 3.63) is 23.8 Å². The summed E-state index contributed by atoms with van der Waals surface area (Å²) in [6.45, 7) is 4.39. The highest BCUT2D eigenvalue weighted by molar-refractivity contribution is 5.93. The largest absolute Gasteiger partial charge is 0.494 e. The molecule has 0 aliphatic carbocycles. The van der Waals surface area contributed by atoms with E-state index < -0.39 is 11.9 Å². The molecule has 0 aromatic heterocycles. The first-order chi connectivity index (χ1) is 9.52. The zero-order valence-electron chi connectivity index (χ0n) is 11.8. The number of ether oxygens (including phenoxy) is 1. The molecule has 1 N–H and O–H groups in total. The number of fused-ring (bicyclic) bond motifs is 1. The van der Waals surface area contributed by atoms with E-state index in [1.165, 1.54) is 6.92 Å². The van der Waals surface area contributed by atoms with E-state index in [1.54, 1.807) is 4.90 Å². The van der Waals surface area contributed by atoms with Crippen LogP contribution < -0.4 is 9.64 Å². The molecule has 5 nitrogen and oxygen atoms in total. The smallest absolute Gasteiger partial charge is 0.306 e. The van der Waals surface area contributed by atoms with Crippen LogP contribution in [0.25, 0.3) is 0 Å². The molecule has 0 saturated heterocycles. The van der Waals surface area contributed by atoms with Gasteiger partial charge in [-0.05, 0) is 43.5 Å². The van der Waals surface area contributed by atoms with Crippen molar-refractivity contribution in [2.75, 3.05) is 18.1 Å². The average Bonchev–Trinajstić information content (AvgIpc) is 2.58. The number of carboxylic acid groups (broad SMARTS) is 1. The van der Waals surface area contributed by atoms with Crippen molar-refractivity contribution in [3.8, 4) is 5.75 Å². The van der Waals surface area contributed by atoms with Crippen LogP contribution in [-0.4, -0.2) is 30.1 Å². The maximum atomic E-state index is 11.7. The molecule has 0 fully saturated rings. The van der Waals surface area contributed by atoms with Gasteiger partial charge >= 0.3 is 5.97 Å². The average molecular weight is 277 g/mol. The lowest BCUT2D eigenvalue weighted by atomic mass is 9.97. The van der Waals surface area contributed by atoms with E-state index in [2.05, 4.69) is 0 Å². The minimum Gasteiger partial charge on any atom is -0.494 e. The summed E-state index contributed by atoms with van der Waals surface area (Å²) in [4.78, 5) is 24.7. The summed E-state index contributed by atoms with van der Waals surface area (Å²) in [5.41, 5.74) is 1.65. The molecule has 0 saturated carbocycles. The molecule has 1 amide bonds. The zero-order chi connectivity index (χ0) is 14.7. The summed E-state index contributed by atoms with van der Waals surface area (Å²) in [7, 11) is 0. The number of benzene rings is 1. The van der Waals surface area contributed by atoms with Crippen LogP contribution >= 0.6 is 0 Å². The van der Waals surface area contributed by atoms with E-state index in [1.807, 2.05) is 25.1 Å². The molecule has 0 bridgehead atoms. The second kappa shape index (κ2) is 5.94. The Morgan fingerprint density at radius 3 is 2.80 bits per heavy atom. The number of amides is 1. The van der Waals surface area contributed by atoms with E-state index in [-0.39, 0.29) is 5.91 Å². The molecule has 0 spiro atoms. The maximum Gasteiger partial charge on any atom is 0.306 e. The second-order valence-corrected chi connectivity index (χ2v) is 4.92. The van der Waals surface area contributed by atoms with Crippen LogP contribution in [0.1, 0.15) is 25.8 Å². The predicted octanol–water partition coefficient (Wildman–Crippen LogP) is 2.09. The Balaban J connectivity index is 2.41. The van der Waals surface area contributed by atoms with Gasteiger partial charge in [-0.2, -0.15) is 0 Å². The normalized spacial score (nSPS) is 18.1. The number of anilines is 1. The van der Waals surface area contributed by atoms with Gasteiger partial charge in [0.1, 0.15) is 5.75 Å². The Labute approximate surface area is 118 Å². The number of carbonyl (C=O) groups is 2. The van der Waals surface area contributed by atoms with Gasteiger partial charge in [0.2, 0.25) is 5.91 Å². The lowest BCUT2D eigenvalue weighted by Gasteiger charge is -2.21. The highest BCUT2D eigenvalue weighted by Crippen LogP contribution is 2.32. The molecule has 5 heteroatoms. The van der Waals surface area contributed by atoms with Gasteiger partial charge in [0.05, 0.1) is 12.5 Å². The van der Waals surface area contributed by atoms with Crippen molar-refractivity contribution < 1.29 is 19.4 Å². The van der Waals surface area contributed by atoms with Crippen molar-refractivity contribution in [1.82, 2.24) is 0 Å². The van der Waals surface area contributed by atoms with E-state index in [0.717, 1.165) is 11.3 Å². The third-order valence-electron chi connectivity index (χ3n) is 3.55. The lowest BCUT2D eigenvalue weighted by Crippen LogP contribution is -2.30. The molecule has 1 aromatic carbocycles. The van der Waals surface area contributed by atoms with Gasteiger partial charge in [-0.15, -0.1) is 0 Å². The summed E-state index contributed by atoms with van der Waals surface area (Å²) in [5, 5.41) is 9.25. The SMILES string of the molecule is CCOc1ccc2c(c1)CC(C(=O)O)CCN2C(C)=O. The Kier molecular flexibility index (Phi) is 4.27. The number of aliphatic carboxylic acids is 1. The number of rotatable bonds is 3. The van der Waals surface area contributed by atoms with E-state index in [4.69, 9.17) is 4.74 Å². The van der Waals surface area contributed by atoms with E-state index in [0.29, 0.717) is 31.7 Å². The minimum atomic E-state index is -0.817. The van der Waals surface area contributed by atoms with Crippen molar-refractivity contribution in [3.63, 3.8) is 0 Å². The topological polar surface area (TPSA) is 66.8 Å². The molecule has 1 aliphatic heterocycles. The molecule has 1 atom stereocenters. The fraction of sp³-hybridized carbons (Fsp3) is 0.467. The van der Waals surface area contributed by atoms with Crippen molar-refractivity contribution >= 4 is 17.6 Å². The molecule has 2 rings (SSSR count). The Bertz CT molecular complexity index is 527. The fourth-order valence-electron chi connectivity index (χ4n) is 2.56. The van der Waals surface area contributed by atoms with Gasteiger partial charge < -0.3 is 14.7 Å². The first-order valence-electron chi connectivity index (χ1n) is 6.79. The monoisotopic (exact) mass is 277 g/mol. The molecular weight excluding hydrogens is 258 g/mol. The molecule has 1 heterocycles. The van der Waals surface area contributed by atoms with Crippen LogP contribution in [0.5, 0.6) is 5.75 Å². The molecular formula is C15H19NO4. The molecule has 20 heavy (non-hydrogen) atoms. The van der Waals surface area contributed by atoms with Crippen LogP contribution in [0.2, 0.25) is 0 Å². The highest BCUT2D eigenvalue weighted by atomic mass is 16.5. The van der Waals surface area contributed by atoms with Gasteiger partial charge in [-0.1, -0.05) is 0 Å². The van der Waals surface area contributed by atoms with E-state index in [9.17, 15) is 14.7 Å². The fourth-order valence-corrected chi connectivity index (χ4v) is 2.56. The third kappa shape index (κ3) is 2.92. The Morgan fingerprint density at radius 2 is 2.20 bits per heavy atom. The van der Waals surface area contributed by atoms with Crippen molar-refractivity contribution in [1.29, 1.82) is 0 Å². The summed E-state index contributed by atoms with van der Waals surface area (Å²) < 4.78 is 5.45. The van der Waals surface area contributed by atoms with E-state index >= 15 is 0 Å². The third-order valence-corrected chi connectivity index (χ3v) is 3.55. The molecule has 1 aromatic rings. The highest BCUT2D eigenvalue weighted by Gasteiger charge is 2.27. The first kappa shape index (κ1) is 14.4. The molecule has 1 aliphatic rings. The Morgan fingerprint density at radius 1 is 1.45 bits per heavy atom. The number of carbonyl (C=O) groups excluding carboxylic acids is 1. The van der Waals surface area contributed by atoms with Crippen LogP contribution in [-0.2, 0) is 16.0 Å². The van der Waals surface area contributed by atoms with Gasteiger partial charge in [-0.25, -0.2) is 0 Å². The number of hydrogen-bond acceptors (Lipinski definition) is 3. The molecule has 0 radical (unpaired) electrons. The summed E-state index contributed by atoms with van der Waals surface area (Å²) in [6.07, 6.45) is 0.892. The van der Waals surface area contributed by atoms with Crippen LogP contribution in [0.3, 0.4) is 0 Å². The number of nitrogens with zero attached hydrogens (tertiary/aromatic N) is 1. The molecule has 108 valence electrons. The summed E-state index contributed by atoms with van der Waals surface area (Å²) in [6, 6.07) is 5.50. The molecule has 1 unspecified atom stereocenters. The predicted molar refractivity (Wildman–Crippen MR) is 75.1 cm³/mol. The van der Waals surface area contributed by atoms with Gasteiger partial charge in [0, 0.05) is 19.2 Å². The Hall–Kier alpha value is -2.04. The van der Waals surface area contributed by atoms with Crippen LogP contribution in [0, 0.1) is 5.92 Å². The number of carboxylic acids is 1. The zero-order valence-corrected chi connectivity index (χ0v) is 11.8. The quantitative estimate of drug-likeness (QED) is 0.918. The lowest BCUT2D eigenvalue weighted by molar-refractivity contribution is -0.141. The standard InChI is InChI=1S/C15H19NO4/c1-3-20-13-4-5-14-12(9-13)8-11(15(18)19)6-7-16(14)10(2)17/h4-5,9,11H,3,6-8H2,1-2H3,(H,18,19). The summed E-state index contributed by atoms with van der Waals surface area (Å²) >= 11 is 0. The van der Waals surface area contributed by atoms with Crippen LogP contribution in [0.15, 0.2) is 18.2 Å². The second-order valence-electron chi connectivity index (χ2n) is 4.92. The van der Waals surface area contributed by atoms with Crippen molar-refractivity contribution in [2.45, 2.75) is 26.7 Å². The van der Waals surface area contributed by atoms with Gasteiger partial charge in [0.25, 0.3) is 0 Å². The van der Waals surface area contributed by atoms with Gasteiger partial charge in [0.15, 0.2) is 0 Å². The van der Waals surface area contributed by atoms with Gasteiger partial charge in [-0.3, -0.25) is 9.59 Å².